The molecule has 0 radical (unpaired) electrons. The molecule has 1 aromatic rings. The molecule has 1 spiro atoms. The predicted octanol–water partition coefficient (Wildman–Crippen LogP) is 2.03. The molecule has 0 bridgehead atoms. The highest BCUT2D eigenvalue weighted by Crippen LogP contribution is 2.38. The molecule has 5 nitrogen and oxygen atoms in total. The molecule has 3 rings (SSSR count). The Morgan fingerprint density at radius 3 is 2.81 bits per heavy atom. The molecule has 0 aromatic heterocycles. The van der Waals surface area contributed by atoms with Gasteiger partial charge in [0.15, 0.2) is 9.84 Å². The average Bonchev–Trinajstić information content (AvgIpc) is 2.86. The van der Waals surface area contributed by atoms with Crippen LogP contribution < -0.4 is 5.73 Å². The first-order valence-corrected chi connectivity index (χ1v) is 8.86. The molecule has 2 saturated heterocycles. The van der Waals surface area contributed by atoms with Crippen molar-refractivity contribution in [3.05, 3.63) is 23.2 Å². The van der Waals surface area contributed by atoms with Crippen molar-refractivity contribution in [3.63, 3.8) is 0 Å². The number of sulfone groups is 1. The van der Waals surface area contributed by atoms with Gasteiger partial charge in [-0.3, -0.25) is 0 Å². The molecule has 1 aromatic carbocycles. The first-order valence-electron chi connectivity index (χ1n) is 6.94. The molecule has 21 heavy (non-hydrogen) atoms. The van der Waals surface area contributed by atoms with E-state index < -0.39 is 20.7 Å². The Labute approximate surface area is 129 Å². The summed E-state index contributed by atoms with van der Waals surface area (Å²) in [6, 6.07) is 4.51. The molecule has 116 valence electrons. The van der Waals surface area contributed by atoms with Gasteiger partial charge in [-0.15, -0.1) is 0 Å². The molecule has 2 N–H and O–H groups in total. The summed E-state index contributed by atoms with van der Waals surface area (Å²) in [5.74, 6) is 0. The lowest BCUT2D eigenvalue weighted by Crippen LogP contribution is -2.45. The lowest BCUT2D eigenvalue weighted by Gasteiger charge is -2.36. The molecule has 2 heterocycles. The molecular weight excluding hydrogens is 314 g/mol. The summed E-state index contributed by atoms with van der Waals surface area (Å²) >= 11 is 5.84. The van der Waals surface area contributed by atoms with Gasteiger partial charge in [0.1, 0.15) is 0 Å². The summed E-state index contributed by atoms with van der Waals surface area (Å²) in [7, 11) is -3.49. The highest BCUT2D eigenvalue weighted by Gasteiger charge is 2.45. The molecule has 2 unspecified atom stereocenters. The topological polar surface area (TPSA) is 78.6 Å². The number of nitrogens with two attached hydrogens (primary N) is 1. The Morgan fingerprint density at radius 1 is 1.33 bits per heavy atom. The maximum atomic E-state index is 12.8. The number of ether oxygens (including phenoxy) is 2. The molecule has 2 atom stereocenters. The van der Waals surface area contributed by atoms with Gasteiger partial charge >= 0.3 is 0 Å². The van der Waals surface area contributed by atoms with E-state index in [2.05, 4.69) is 0 Å². The van der Waals surface area contributed by atoms with Gasteiger partial charge in [0.2, 0.25) is 0 Å². The van der Waals surface area contributed by atoms with Gasteiger partial charge in [-0.05, 0) is 31.0 Å². The van der Waals surface area contributed by atoms with Gasteiger partial charge in [0.05, 0.1) is 28.0 Å². The van der Waals surface area contributed by atoms with Crippen molar-refractivity contribution in [2.24, 2.45) is 0 Å². The van der Waals surface area contributed by atoms with Crippen molar-refractivity contribution in [1.82, 2.24) is 0 Å². The Bertz CT molecular complexity index is 640. The predicted molar refractivity (Wildman–Crippen MR) is 80.2 cm³/mol. The zero-order chi connectivity index (χ0) is 15.1. The standard InChI is InChI=1S/C14H18ClNO4S/c15-10-1-2-13(12(16)7-10)21(17,18)11-3-5-20-14(8-11)4-6-19-9-14/h1-2,7,11H,3-6,8-9,16H2. The number of anilines is 1. The lowest BCUT2D eigenvalue weighted by atomic mass is 9.93. The van der Waals surface area contributed by atoms with Crippen LogP contribution in [-0.2, 0) is 19.3 Å². The molecule has 2 fully saturated rings. The SMILES string of the molecule is Nc1cc(Cl)ccc1S(=O)(=O)C1CCOC2(CCOC2)C1. The monoisotopic (exact) mass is 331 g/mol. The van der Waals surface area contributed by atoms with Gasteiger partial charge in [-0.2, -0.15) is 0 Å². The van der Waals surface area contributed by atoms with E-state index in [0.717, 1.165) is 6.42 Å². The molecule has 0 aliphatic carbocycles. The zero-order valence-corrected chi connectivity index (χ0v) is 13.1. The van der Waals surface area contributed by atoms with E-state index in [-0.39, 0.29) is 10.6 Å². The highest BCUT2D eigenvalue weighted by molar-refractivity contribution is 7.92. The lowest BCUT2D eigenvalue weighted by molar-refractivity contribution is -0.0778. The summed E-state index contributed by atoms with van der Waals surface area (Å²) in [6.07, 6.45) is 1.68. The van der Waals surface area contributed by atoms with Crippen LogP contribution in [0, 0.1) is 0 Å². The Balaban J connectivity index is 1.90. The van der Waals surface area contributed by atoms with E-state index in [0.29, 0.717) is 37.7 Å². The van der Waals surface area contributed by atoms with E-state index in [9.17, 15) is 8.42 Å². The Morgan fingerprint density at radius 2 is 2.14 bits per heavy atom. The fraction of sp³-hybridized carbons (Fsp3) is 0.571. The van der Waals surface area contributed by atoms with Gasteiger partial charge in [0.25, 0.3) is 0 Å². The third-order valence-electron chi connectivity index (χ3n) is 4.23. The van der Waals surface area contributed by atoms with Crippen molar-refractivity contribution in [2.45, 2.75) is 35.0 Å². The first-order chi connectivity index (χ1) is 9.93. The maximum absolute atomic E-state index is 12.8. The van der Waals surface area contributed by atoms with E-state index >= 15 is 0 Å². The van der Waals surface area contributed by atoms with Crippen molar-refractivity contribution in [3.8, 4) is 0 Å². The van der Waals surface area contributed by atoms with Crippen molar-refractivity contribution in [1.29, 1.82) is 0 Å². The van der Waals surface area contributed by atoms with Crippen LogP contribution in [0.3, 0.4) is 0 Å². The van der Waals surface area contributed by atoms with E-state index in [1.165, 1.54) is 12.1 Å². The number of hydrogen-bond donors (Lipinski definition) is 1. The largest absolute Gasteiger partial charge is 0.398 e. The van der Waals surface area contributed by atoms with Crippen LogP contribution in [0.5, 0.6) is 0 Å². The zero-order valence-electron chi connectivity index (χ0n) is 11.5. The maximum Gasteiger partial charge on any atom is 0.183 e. The van der Waals surface area contributed by atoms with Crippen LogP contribution in [0.1, 0.15) is 19.3 Å². The minimum absolute atomic E-state index is 0.160. The number of hydrogen-bond acceptors (Lipinski definition) is 5. The van der Waals surface area contributed by atoms with E-state index in [1.54, 1.807) is 6.07 Å². The minimum Gasteiger partial charge on any atom is -0.398 e. The first kappa shape index (κ1) is 15.1. The summed E-state index contributed by atoms with van der Waals surface area (Å²) < 4.78 is 36.9. The quantitative estimate of drug-likeness (QED) is 0.839. The Hall–Kier alpha value is -0.820. The number of halogens is 1. The van der Waals surface area contributed by atoms with Crippen LogP contribution in [0.4, 0.5) is 5.69 Å². The van der Waals surface area contributed by atoms with Crippen LogP contribution in [0.2, 0.25) is 5.02 Å². The summed E-state index contributed by atoms with van der Waals surface area (Å²) in [4.78, 5) is 0.160. The molecule has 2 aliphatic heterocycles. The van der Waals surface area contributed by atoms with Crippen molar-refractivity contribution < 1.29 is 17.9 Å². The highest BCUT2D eigenvalue weighted by atomic mass is 35.5. The average molecular weight is 332 g/mol. The van der Waals surface area contributed by atoms with Crippen LogP contribution in [-0.4, -0.2) is 39.1 Å². The van der Waals surface area contributed by atoms with Crippen molar-refractivity contribution >= 4 is 27.1 Å². The van der Waals surface area contributed by atoms with Gasteiger partial charge in [-0.25, -0.2) is 8.42 Å². The summed E-state index contributed by atoms with van der Waals surface area (Å²) in [5, 5.41) is -0.0597. The number of rotatable bonds is 2. The van der Waals surface area contributed by atoms with E-state index in [1.807, 2.05) is 0 Å². The van der Waals surface area contributed by atoms with Gasteiger partial charge < -0.3 is 15.2 Å². The van der Waals surface area contributed by atoms with Gasteiger partial charge in [-0.1, -0.05) is 11.6 Å². The molecule has 0 amide bonds. The number of nitrogen functional groups attached to an aromatic ring is 1. The fourth-order valence-corrected chi connectivity index (χ4v) is 5.18. The molecule has 0 saturated carbocycles. The molecular formula is C14H18ClNO4S. The minimum atomic E-state index is -3.49. The second-order valence-electron chi connectivity index (χ2n) is 5.68. The van der Waals surface area contributed by atoms with Crippen LogP contribution in [0.25, 0.3) is 0 Å². The summed E-state index contributed by atoms with van der Waals surface area (Å²) in [6.45, 7) is 1.52. The third kappa shape index (κ3) is 2.77. The third-order valence-corrected chi connectivity index (χ3v) is 6.73. The number of benzene rings is 1. The normalized spacial score (nSPS) is 29.9. The summed E-state index contributed by atoms with van der Waals surface area (Å²) in [5.41, 5.74) is 5.59. The second kappa shape index (κ2) is 5.43. The fourth-order valence-electron chi connectivity index (χ4n) is 3.07. The molecule has 7 heteroatoms. The van der Waals surface area contributed by atoms with E-state index in [4.69, 9.17) is 26.8 Å². The van der Waals surface area contributed by atoms with Crippen molar-refractivity contribution in [2.75, 3.05) is 25.6 Å². The smallest absolute Gasteiger partial charge is 0.183 e. The van der Waals surface area contributed by atoms with Gasteiger partial charge in [0, 0.05) is 24.7 Å². The molecule has 2 aliphatic rings. The Kier molecular flexibility index (Phi) is 3.90. The van der Waals surface area contributed by atoms with Crippen LogP contribution >= 0.6 is 11.6 Å². The van der Waals surface area contributed by atoms with Crippen LogP contribution in [0.15, 0.2) is 23.1 Å². The second-order valence-corrected chi connectivity index (χ2v) is 8.31.